The number of aryl methyl sites for hydroxylation is 1. The lowest BCUT2D eigenvalue weighted by Gasteiger charge is -2.08. The van der Waals surface area contributed by atoms with Crippen LogP contribution in [0.2, 0.25) is 0 Å². The van der Waals surface area contributed by atoms with E-state index in [1.54, 1.807) is 0 Å². The molecule has 0 amide bonds. The molecule has 7 heteroatoms. The summed E-state index contributed by atoms with van der Waals surface area (Å²) in [5.74, 6) is -1.51. The number of rotatable bonds is 2. The van der Waals surface area contributed by atoms with E-state index in [-0.39, 0.29) is 16.6 Å². The van der Waals surface area contributed by atoms with Crippen LogP contribution < -0.4 is 0 Å². The van der Waals surface area contributed by atoms with Gasteiger partial charge >= 0.3 is 12.1 Å². The minimum Gasteiger partial charge on any atom is -0.479 e. The average Bonchev–Trinajstić information content (AvgIpc) is 2.64. The van der Waals surface area contributed by atoms with Crippen molar-refractivity contribution in [3.63, 3.8) is 0 Å². The molecule has 1 aromatic carbocycles. The maximum Gasteiger partial charge on any atom is 0.417 e. The molecule has 2 N–H and O–H groups in total. The van der Waals surface area contributed by atoms with Crippen LogP contribution in [-0.4, -0.2) is 20.7 Å². The van der Waals surface area contributed by atoms with Gasteiger partial charge in [-0.2, -0.15) is 13.2 Å². The van der Waals surface area contributed by atoms with Gasteiger partial charge in [0.2, 0.25) is 0 Å². The average molecular weight is 273 g/mol. The van der Waals surface area contributed by atoms with E-state index in [4.69, 9.17) is 5.11 Å². The Bertz CT molecular complexity index is 645. The molecule has 0 radical (unpaired) electrons. The normalized spacial score (nSPS) is 13.7. The number of carboxylic acid groups (broad SMARTS) is 1. The fourth-order valence-corrected chi connectivity index (χ4v) is 2.02. The van der Waals surface area contributed by atoms with Crippen LogP contribution in [-0.2, 0) is 18.0 Å². The van der Waals surface area contributed by atoms with E-state index >= 15 is 0 Å². The lowest BCUT2D eigenvalue weighted by Crippen LogP contribution is -2.13. The standard InChI is InChI=1S/C12H10F3NO3/c1-16-8-4-2-3-7(12(13,14)15)6(8)5-9(16)10(17)11(18)19/h2-5,10,17H,1H3,(H,18,19). The highest BCUT2D eigenvalue weighted by Crippen LogP contribution is 2.36. The van der Waals surface area contributed by atoms with Gasteiger partial charge in [0.05, 0.1) is 11.3 Å². The summed E-state index contributed by atoms with van der Waals surface area (Å²) in [6.07, 6.45) is -6.40. The monoisotopic (exact) mass is 273 g/mol. The quantitative estimate of drug-likeness (QED) is 0.882. The lowest BCUT2D eigenvalue weighted by molar-refractivity contribution is -0.147. The summed E-state index contributed by atoms with van der Waals surface area (Å²) >= 11 is 0. The molecule has 2 rings (SSSR count). The van der Waals surface area contributed by atoms with Gasteiger partial charge in [-0.15, -0.1) is 0 Å². The van der Waals surface area contributed by atoms with Crippen molar-refractivity contribution in [2.45, 2.75) is 12.3 Å². The van der Waals surface area contributed by atoms with Crippen LogP contribution >= 0.6 is 0 Å². The largest absolute Gasteiger partial charge is 0.479 e. The highest BCUT2D eigenvalue weighted by Gasteiger charge is 2.34. The molecule has 0 fully saturated rings. The second kappa shape index (κ2) is 4.27. The van der Waals surface area contributed by atoms with Gasteiger partial charge in [0.1, 0.15) is 0 Å². The molecule has 2 aromatic rings. The maximum atomic E-state index is 12.8. The van der Waals surface area contributed by atoms with Crippen molar-refractivity contribution in [1.29, 1.82) is 0 Å². The Labute approximate surface area is 105 Å². The zero-order valence-corrected chi connectivity index (χ0v) is 9.77. The maximum absolute atomic E-state index is 12.8. The zero-order valence-electron chi connectivity index (χ0n) is 9.77. The number of fused-ring (bicyclic) bond motifs is 1. The first-order chi connectivity index (χ1) is 8.73. The van der Waals surface area contributed by atoms with Crippen molar-refractivity contribution in [3.05, 3.63) is 35.5 Å². The highest BCUT2D eigenvalue weighted by atomic mass is 19.4. The predicted octanol–water partition coefficient (Wildman–Crippen LogP) is 2.32. The third-order valence-corrected chi connectivity index (χ3v) is 2.94. The first-order valence-corrected chi connectivity index (χ1v) is 5.30. The number of aliphatic hydroxyl groups is 1. The molecule has 0 aliphatic heterocycles. The van der Waals surface area contributed by atoms with Crippen molar-refractivity contribution in [2.75, 3.05) is 0 Å². The fraction of sp³-hybridized carbons (Fsp3) is 0.250. The SMILES string of the molecule is Cn1c(C(O)C(=O)O)cc2c(C(F)(F)F)cccc21. The Morgan fingerprint density at radius 1 is 1.37 bits per heavy atom. The summed E-state index contributed by atoms with van der Waals surface area (Å²) in [6.45, 7) is 0. The molecule has 0 bridgehead atoms. The number of nitrogens with zero attached hydrogens (tertiary/aromatic N) is 1. The van der Waals surface area contributed by atoms with E-state index in [2.05, 4.69) is 0 Å². The number of aliphatic carboxylic acids is 1. The number of halogens is 3. The van der Waals surface area contributed by atoms with Crippen LogP contribution in [0.15, 0.2) is 24.3 Å². The van der Waals surface area contributed by atoms with Gasteiger partial charge in [0.25, 0.3) is 0 Å². The van der Waals surface area contributed by atoms with E-state index in [1.807, 2.05) is 0 Å². The van der Waals surface area contributed by atoms with Gasteiger partial charge in [-0.25, -0.2) is 4.79 Å². The number of carbonyl (C=O) groups is 1. The number of aromatic nitrogens is 1. The first-order valence-electron chi connectivity index (χ1n) is 5.30. The summed E-state index contributed by atoms with van der Waals surface area (Å²) in [5.41, 5.74) is -0.742. The molecule has 19 heavy (non-hydrogen) atoms. The third-order valence-electron chi connectivity index (χ3n) is 2.94. The minimum atomic E-state index is -4.54. The van der Waals surface area contributed by atoms with Crippen molar-refractivity contribution in [2.24, 2.45) is 7.05 Å². The molecule has 1 atom stereocenters. The summed E-state index contributed by atoms with van der Waals surface area (Å²) in [6, 6.07) is 4.64. The van der Waals surface area contributed by atoms with E-state index in [1.165, 1.54) is 23.7 Å². The predicted molar refractivity (Wildman–Crippen MR) is 60.5 cm³/mol. The van der Waals surface area contributed by atoms with Gasteiger partial charge in [-0.05, 0) is 18.2 Å². The van der Waals surface area contributed by atoms with Crippen LogP contribution in [0, 0.1) is 0 Å². The Kier molecular flexibility index (Phi) is 3.01. The van der Waals surface area contributed by atoms with Crippen molar-refractivity contribution in [3.8, 4) is 0 Å². The molecular weight excluding hydrogens is 263 g/mol. The number of benzene rings is 1. The zero-order chi connectivity index (χ0) is 14.4. The van der Waals surface area contributed by atoms with Gasteiger partial charge in [-0.3, -0.25) is 0 Å². The van der Waals surface area contributed by atoms with Crippen LogP contribution in [0.4, 0.5) is 13.2 Å². The molecule has 0 saturated carbocycles. The van der Waals surface area contributed by atoms with E-state index in [0.717, 1.165) is 12.1 Å². The number of alkyl halides is 3. The Morgan fingerprint density at radius 3 is 2.53 bits per heavy atom. The summed E-state index contributed by atoms with van der Waals surface area (Å²) in [5, 5.41) is 18.1. The Morgan fingerprint density at radius 2 is 2.00 bits per heavy atom. The van der Waals surface area contributed by atoms with Crippen LogP contribution in [0.3, 0.4) is 0 Å². The molecule has 0 aliphatic rings. The Hall–Kier alpha value is -2.02. The van der Waals surface area contributed by atoms with Gasteiger partial charge in [0, 0.05) is 18.0 Å². The van der Waals surface area contributed by atoms with E-state index in [0.29, 0.717) is 0 Å². The van der Waals surface area contributed by atoms with Gasteiger partial charge < -0.3 is 14.8 Å². The van der Waals surface area contributed by atoms with Crippen LogP contribution in [0.5, 0.6) is 0 Å². The molecule has 1 aromatic heterocycles. The highest BCUT2D eigenvalue weighted by molar-refractivity contribution is 5.87. The summed E-state index contributed by atoms with van der Waals surface area (Å²) in [4.78, 5) is 10.7. The molecular formula is C12H10F3NO3. The number of hydrogen-bond donors (Lipinski definition) is 2. The van der Waals surface area contributed by atoms with Gasteiger partial charge in [-0.1, -0.05) is 6.07 Å². The first kappa shape index (κ1) is 13.4. The Balaban J connectivity index is 2.73. The smallest absolute Gasteiger partial charge is 0.417 e. The second-order valence-corrected chi connectivity index (χ2v) is 4.11. The van der Waals surface area contributed by atoms with Crippen LogP contribution in [0.25, 0.3) is 10.9 Å². The molecule has 0 aliphatic carbocycles. The molecule has 0 spiro atoms. The molecule has 1 heterocycles. The molecule has 1 unspecified atom stereocenters. The molecule has 4 nitrogen and oxygen atoms in total. The van der Waals surface area contributed by atoms with Crippen molar-refractivity contribution in [1.82, 2.24) is 4.57 Å². The number of aliphatic hydroxyl groups excluding tert-OH is 1. The van der Waals surface area contributed by atoms with Gasteiger partial charge in [0.15, 0.2) is 6.10 Å². The summed E-state index contributed by atoms with van der Waals surface area (Å²) in [7, 11) is 1.41. The molecule has 0 saturated heterocycles. The van der Waals surface area contributed by atoms with Crippen LogP contribution in [0.1, 0.15) is 17.4 Å². The topological polar surface area (TPSA) is 62.5 Å². The molecule has 102 valence electrons. The van der Waals surface area contributed by atoms with Crippen molar-refractivity contribution < 1.29 is 28.2 Å². The minimum absolute atomic E-state index is 0.0980. The van der Waals surface area contributed by atoms with Crippen molar-refractivity contribution >= 4 is 16.9 Å². The van der Waals surface area contributed by atoms with E-state index < -0.39 is 23.8 Å². The lowest BCUT2D eigenvalue weighted by atomic mass is 10.1. The second-order valence-electron chi connectivity index (χ2n) is 4.11. The van der Waals surface area contributed by atoms with E-state index in [9.17, 15) is 23.1 Å². The fourth-order valence-electron chi connectivity index (χ4n) is 2.02. The number of hydrogen-bond acceptors (Lipinski definition) is 2. The number of carboxylic acids is 1. The summed E-state index contributed by atoms with van der Waals surface area (Å²) < 4.78 is 39.7. The third kappa shape index (κ3) is 2.17.